The standard InChI is InChI=1S/C20H15O4P/c21-19(22)14-6-4-10-17(12-14)25(16-8-2-1-3-9-16)18-11-5-7-15(13-18)20(23)24/h1-13H,(H,21,22)(H,23,24). The minimum atomic E-state index is -1.05. The van der Waals surface area contributed by atoms with Gasteiger partial charge in [-0.05, 0) is 48.1 Å². The Labute approximate surface area is 146 Å². The molecule has 4 nitrogen and oxygen atoms in total. The summed E-state index contributed by atoms with van der Waals surface area (Å²) in [6.07, 6.45) is 0. The van der Waals surface area contributed by atoms with Crippen LogP contribution in [0.4, 0.5) is 0 Å². The van der Waals surface area contributed by atoms with Gasteiger partial charge in [-0.1, -0.05) is 54.6 Å². The van der Waals surface area contributed by atoms with Crippen molar-refractivity contribution in [2.45, 2.75) is 0 Å². The Balaban J connectivity index is 2.17. The second-order valence-electron chi connectivity index (χ2n) is 5.38. The van der Waals surface area contributed by atoms with Crippen molar-refractivity contribution in [2.24, 2.45) is 0 Å². The van der Waals surface area contributed by atoms with Crippen molar-refractivity contribution < 1.29 is 19.8 Å². The van der Waals surface area contributed by atoms with E-state index in [4.69, 9.17) is 0 Å². The number of benzene rings is 3. The zero-order chi connectivity index (χ0) is 17.8. The van der Waals surface area contributed by atoms with Crippen LogP contribution >= 0.6 is 7.92 Å². The highest BCUT2D eigenvalue weighted by Crippen LogP contribution is 2.33. The average molecular weight is 350 g/mol. The van der Waals surface area contributed by atoms with Crippen molar-refractivity contribution in [3.63, 3.8) is 0 Å². The Bertz CT molecular complexity index is 864. The molecular formula is C20H15O4P. The average Bonchev–Trinajstić information content (AvgIpc) is 2.63. The third kappa shape index (κ3) is 3.76. The normalized spacial score (nSPS) is 10.6. The van der Waals surface area contributed by atoms with E-state index in [1.54, 1.807) is 36.4 Å². The van der Waals surface area contributed by atoms with E-state index in [1.807, 2.05) is 42.5 Å². The molecule has 0 unspecified atom stereocenters. The van der Waals surface area contributed by atoms with E-state index in [0.717, 1.165) is 15.9 Å². The quantitative estimate of drug-likeness (QED) is 0.694. The third-order valence-electron chi connectivity index (χ3n) is 3.72. The topological polar surface area (TPSA) is 74.6 Å². The van der Waals surface area contributed by atoms with E-state index in [1.165, 1.54) is 0 Å². The summed E-state index contributed by atoms with van der Waals surface area (Å²) >= 11 is 0. The van der Waals surface area contributed by atoms with Crippen LogP contribution in [0.2, 0.25) is 0 Å². The summed E-state index contributed by atoms with van der Waals surface area (Å²) in [7, 11) is -1.05. The van der Waals surface area contributed by atoms with E-state index in [-0.39, 0.29) is 11.1 Å². The Morgan fingerprint density at radius 3 is 1.48 bits per heavy atom. The fraction of sp³-hybridized carbons (Fsp3) is 0. The molecule has 0 bridgehead atoms. The van der Waals surface area contributed by atoms with Crippen LogP contribution in [-0.2, 0) is 0 Å². The molecule has 0 spiro atoms. The zero-order valence-corrected chi connectivity index (χ0v) is 14.1. The molecule has 0 fully saturated rings. The molecule has 0 radical (unpaired) electrons. The van der Waals surface area contributed by atoms with Gasteiger partial charge in [0, 0.05) is 0 Å². The lowest BCUT2D eigenvalue weighted by Gasteiger charge is -2.20. The summed E-state index contributed by atoms with van der Waals surface area (Å²) in [6.45, 7) is 0. The molecule has 0 aliphatic rings. The molecule has 124 valence electrons. The first-order valence-electron chi connectivity index (χ1n) is 7.58. The van der Waals surface area contributed by atoms with Crippen molar-refractivity contribution in [1.29, 1.82) is 0 Å². The van der Waals surface area contributed by atoms with Crippen LogP contribution in [0.1, 0.15) is 20.7 Å². The summed E-state index contributed by atoms with van der Waals surface area (Å²) in [5.41, 5.74) is 0.436. The molecule has 0 heterocycles. The number of hydrogen-bond acceptors (Lipinski definition) is 2. The van der Waals surface area contributed by atoms with Gasteiger partial charge in [-0.25, -0.2) is 9.59 Å². The molecular weight excluding hydrogens is 335 g/mol. The molecule has 3 rings (SSSR count). The molecule has 3 aromatic carbocycles. The highest BCUT2D eigenvalue weighted by Gasteiger charge is 2.19. The minimum absolute atomic E-state index is 0.218. The van der Waals surface area contributed by atoms with E-state index in [9.17, 15) is 19.8 Å². The number of hydrogen-bond donors (Lipinski definition) is 2. The van der Waals surface area contributed by atoms with Crippen LogP contribution in [0.25, 0.3) is 0 Å². The Hall–Kier alpha value is -2.97. The molecule has 0 atom stereocenters. The zero-order valence-electron chi connectivity index (χ0n) is 13.2. The highest BCUT2D eigenvalue weighted by atomic mass is 31.1. The predicted octanol–water partition coefficient (Wildman–Crippen LogP) is 2.84. The second-order valence-corrected chi connectivity index (χ2v) is 7.60. The van der Waals surface area contributed by atoms with Gasteiger partial charge in [0.25, 0.3) is 0 Å². The van der Waals surface area contributed by atoms with Gasteiger partial charge < -0.3 is 10.2 Å². The molecule has 5 heteroatoms. The van der Waals surface area contributed by atoms with Gasteiger partial charge >= 0.3 is 11.9 Å². The summed E-state index contributed by atoms with van der Waals surface area (Å²) < 4.78 is 0. The van der Waals surface area contributed by atoms with Gasteiger partial charge in [0.2, 0.25) is 0 Å². The van der Waals surface area contributed by atoms with Crippen molar-refractivity contribution in [3.05, 3.63) is 90.0 Å². The van der Waals surface area contributed by atoms with Crippen LogP contribution in [-0.4, -0.2) is 22.2 Å². The molecule has 3 aromatic rings. The van der Waals surface area contributed by atoms with Crippen LogP contribution < -0.4 is 15.9 Å². The van der Waals surface area contributed by atoms with Gasteiger partial charge in [0.1, 0.15) is 0 Å². The smallest absolute Gasteiger partial charge is 0.335 e. The number of aromatic carboxylic acids is 2. The highest BCUT2D eigenvalue weighted by molar-refractivity contribution is 7.79. The van der Waals surface area contributed by atoms with Gasteiger partial charge in [-0.15, -0.1) is 0 Å². The van der Waals surface area contributed by atoms with Gasteiger partial charge in [-0.3, -0.25) is 0 Å². The van der Waals surface area contributed by atoms with Crippen LogP contribution in [0.3, 0.4) is 0 Å². The first-order chi connectivity index (χ1) is 12.1. The molecule has 0 saturated heterocycles. The van der Waals surface area contributed by atoms with Crippen molar-refractivity contribution in [2.75, 3.05) is 0 Å². The van der Waals surface area contributed by atoms with Gasteiger partial charge in [0.05, 0.1) is 11.1 Å². The summed E-state index contributed by atoms with van der Waals surface area (Å²) in [5, 5.41) is 21.3. The number of rotatable bonds is 5. The van der Waals surface area contributed by atoms with E-state index in [2.05, 4.69) is 0 Å². The molecule has 0 aromatic heterocycles. The van der Waals surface area contributed by atoms with E-state index < -0.39 is 19.9 Å². The fourth-order valence-corrected chi connectivity index (χ4v) is 4.95. The molecule has 0 saturated carbocycles. The maximum absolute atomic E-state index is 11.3. The second kappa shape index (κ2) is 7.29. The van der Waals surface area contributed by atoms with Crippen LogP contribution in [0, 0.1) is 0 Å². The summed E-state index contributed by atoms with van der Waals surface area (Å²) in [5.74, 6) is -1.96. The lowest BCUT2D eigenvalue weighted by atomic mass is 10.2. The Morgan fingerprint density at radius 2 is 1.04 bits per heavy atom. The Morgan fingerprint density at radius 1 is 0.600 bits per heavy atom. The van der Waals surface area contributed by atoms with Gasteiger partial charge in [-0.2, -0.15) is 0 Å². The monoisotopic (exact) mass is 350 g/mol. The lowest BCUT2D eigenvalue weighted by Crippen LogP contribution is -2.22. The SMILES string of the molecule is O=C(O)c1cccc(P(c2ccccc2)c2cccc(C(=O)O)c2)c1. The van der Waals surface area contributed by atoms with Crippen LogP contribution in [0.5, 0.6) is 0 Å². The van der Waals surface area contributed by atoms with Crippen molar-refractivity contribution in [1.82, 2.24) is 0 Å². The van der Waals surface area contributed by atoms with Crippen molar-refractivity contribution >= 4 is 35.8 Å². The fourth-order valence-electron chi connectivity index (χ4n) is 2.58. The number of carboxylic acid groups (broad SMARTS) is 2. The van der Waals surface area contributed by atoms with E-state index in [0.29, 0.717) is 0 Å². The third-order valence-corrected chi connectivity index (χ3v) is 6.12. The van der Waals surface area contributed by atoms with Gasteiger partial charge in [0.15, 0.2) is 0 Å². The maximum atomic E-state index is 11.3. The van der Waals surface area contributed by atoms with Crippen molar-refractivity contribution in [3.8, 4) is 0 Å². The predicted molar refractivity (Wildman–Crippen MR) is 99.1 cm³/mol. The maximum Gasteiger partial charge on any atom is 0.335 e. The number of carbonyl (C=O) groups is 2. The summed E-state index contributed by atoms with van der Waals surface area (Å²) in [6, 6.07) is 23.4. The molecule has 0 aliphatic heterocycles. The molecule has 2 N–H and O–H groups in total. The lowest BCUT2D eigenvalue weighted by molar-refractivity contribution is 0.0686. The van der Waals surface area contributed by atoms with Crippen LogP contribution in [0.15, 0.2) is 78.9 Å². The molecule has 25 heavy (non-hydrogen) atoms. The first-order valence-corrected chi connectivity index (χ1v) is 8.92. The Kier molecular flexibility index (Phi) is 4.92. The van der Waals surface area contributed by atoms with E-state index >= 15 is 0 Å². The largest absolute Gasteiger partial charge is 0.478 e. The molecule has 0 amide bonds. The molecule has 0 aliphatic carbocycles. The number of carboxylic acids is 2. The first kappa shape index (κ1) is 16.9. The minimum Gasteiger partial charge on any atom is -0.478 e. The summed E-state index contributed by atoms with van der Waals surface area (Å²) in [4.78, 5) is 22.6.